The van der Waals surface area contributed by atoms with Gasteiger partial charge in [0.15, 0.2) is 0 Å². The summed E-state index contributed by atoms with van der Waals surface area (Å²) in [5, 5.41) is -0.0822. The van der Waals surface area contributed by atoms with Crippen molar-refractivity contribution in [3.05, 3.63) is 51.0 Å². The van der Waals surface area contributed by atoms with Crippen LogP contribution in [0.3, 0.4) is 0 Å². The second-order valence-corrected chi connectivity index (χ2v) is 4.14. The molecule has 0 radical (unpaired) electrons. The van der Waals surface area contributed by atoms with Crippen molar-refractivity contribution in [1.29, 1.82) is 0 Å². The molecule has 1 heterocycles. The number of hydrogen-bond donors (Lipinski definition) is 2. The van der Waals surface area contributed by atoms with Crippen LogP contribution in [0.4, 0.5) is 10.1 Å². The van der Waals surface area contributed by atoms with Gasteiger partial charge >= 0.3 is 0 Å². The number of benzene rings is 1. The number of aromatic nitrogens is 1. The third-order valence-electron chi connectivity index (χ3n) is 2.42. The van der Waals surface area contributed by atoms with Gasteiger partial charge in [-0.15, -0.1) is 0 Å². The molecule has 0 fully saturated rings. The zero-order valence-corrected chi connectivity index (χ0v) is 9.81. The molecule has 0 amide bonds. The largest absolute Gasteiger partial charge is 0.397 e. The molecule has 0 atom stereocenters. The Morgan fingerprint density at radius 3 is 2.65 bits per heavy atom. The number of aryl methyl sites for hydroxylation is 1. The van der Waals surface area contributed by atoms with E-state index in [1.54, 1.807) is 19.1 Å². The minimum absolute atomic E-state index is 0.0822. The predicted molar refractivity (Wildman–Crippen MR) is 66.6 cm³/mol. The average Bonchev–Trinajstić information content (AvgIpc) is 2.25. The zero-order valence-electron chi connectivity index (χ0n) is 9.05. The highest BCUT2D eigenvalue weighted by molar-refractivity contribution is 6.32. The molecule has 3 nitrogen and oxygen atoms in total. The van der Waals surface area contributed by atoms with Crippen molar-refractivity contribution in [2.45, 2.75) is 6.92 Å². The second kappa shape index (κ2) is 4.22. The van der Waals surface area contributed by atoms with E-state index < -0.39 is 11.4 Å². The van der Waals surface area contributed by atoms with Gasteiger partial charge in [0, 0.05) is 5.56 Å². The SMILES string of the molecule is Cc1ccc(-c2cc(N)c(Cl)c(=O)[nH]2)c(F)c1. The van der Waals surface area contributed by atoms with Crippen molar-refractivity contribution in [3.63, 3.8) is 0 Å². The summed E-state index contributed by atoms with van der Waals surface area (Å²) in [5.41, 5.74) is 6.57. The molecule has 5 heteroatoms. The smallest absolute Gasteiger partial charge is 0.269 e. The molecule has 3 N–H and O–H groups in total. The molecular formula is C12H10ClFN2O. The number of hydrogen-bond acceptors (Lipinski definition) is 2. The summed E-state index contributed by atoms with van der Waals surface area (Å²) < 4.78 is 13.7. The van der Waals surface area contributed by atoms with E-state index in [1.807, 2.05) is 0 Å². The van der Waals surface area contributed by atoms with Crippen LogP contribution in [0, 0.1) is 12.7 Å². The Hall–Kier alpha value is -1.81. The molecule has 2 aromatic rings. The van der Waals surface area contributed by atoms with Gasteiger partial charge in [-0.1, -0.05) is 17.7 Å². The van der Waals surface area contributed by atoms with Crippen molar-refractivity contribution in [1.82, 2.24) is 4.98 Å². The maximum atomic E-state index is 13.7. The third kappa shape index (κ3) is 2.17. The lowest BCUT2D eigenvalue weighted by Crippen LogP contribution is -2.10. The van der Waals surface area contributed by atoms with E-state index in [9.17, 15) is 9.18 Å². The molecule has 0 aliphatic carbocycles. The summed E-state index contributed by atoms with van der Waals surface area (Å²) in [5.74, 6) is -0.414. The number of rotatable bonds is 1. The van der Waals surface area contributed by atoms with Crippen LogP contribution in [0.15, 0.2) is 29.1 Å². The summed E-state index contributed by atoms with van der Waals surface area (Å²) in [4.78, 5) is 13.9. The molecule has 0 saturated carbocycles. The van der Waals surface area contributed by atoms with E-state index in [-0.39, 0.29) is 16.3 Å². The fourth-order valence-electron chi connectivity index (χ4n) is 1.55. The highest BCUT2D eigenvalue weighted by Gasteiger charge is 2.09. The Kier molecular flexibility index (Phi) is 2.90. The lowest BCUT2D eigenvalue weighted by atomic mass is 10.1. The normalized spacial score (nSPS) is 10.5. The Balaban J connectivity index is 2.65. The number of aromatic amines is 1. The standard InChI is InChI=1S/C12H10ClFN2O/c1-6-2-3-7(8(14)4-6)10-5-9(15)11(13)12(17)16-10/h2-5H,1H3,(H3,15,16,17). The molecule has 2 rings (SSSR count). The van der Waals surface area contributed by atoms with E-state index in [0.29, 0.717) is 5.69 Å². The zero-order chi connectivity index (χ0) is 12.6. The van der Waals surface area contributed by atoms with Crippen LogP contribution < -0.4 is 11.3 Å². The first-order chi connectivity index (χ1) is 7.99. The molecule has 0 aliphatic heterocycles. The van der Waals surface area contributed by atoms with Crippen LogP contribution in [0.1, 0.15) is 5.56 Å². The maximum Gasteiger partial charge on any atom is 0.269 e. The van der Waals surface area contributed by atoms with Crippen molar-refractivity contribution in [3.8, 4) is 11.3 Å². The van der Waals surface area contributed by atoms with E-state index in [4.69, 9.17) is 17.3 Å². The summed E-state index contributed by atoms with van der Waals surface area (Å²) in [6.45, 7) is 1.78. The van der Waals surface area contributed by atoms with E-state index >= 15 is 0 Å². The quantitative estimate of drug-likeness (QED) is 0.820. The van der Waals surface area contributed by atoms with E-state index in [1.165, 1.54) is 12.1 Å². The average molecular weight is 253 g/mol. The number of nitrogens with two attached hydrogens (primary N) is 1. The number of H-pyrrole nitrogens is 1. The van der Waals surface area contributed by atoms with Gasteiger partial charge in [-0.3, -0.25) is 4.79 Å². The molecular weight excluding hydrogens is 243 g/mol. The van der Waals surface area contributed by atoms with Crippen molar-refractivity contribution < 1.29 is 4.39 Å². The Bertz CT molecular complexity index is 637. The van der Waals surface area contributed by atoms with Crippen LogP contribution in [-0.4, -0.2) is 4.98 Å². The summed E-state index contributed by atoms with van der Waals surface area (Å²) in [6.07, 6.45) is 0. The van der Waals surface area contributed by atoms with E-state index in [2.05, 4.69) is 4.98 Å². The molecule has 1 aromatic heterocycles. The van der Waals surface area contributed by atoms with Gasteiger partial charge in [-0.2, -0.15) is 0 Å². The van der Waals surface area contributed by atoms with Gasteiger partial charge < -0.3 is 10.7 Å². The monoisotopic (exact) mass is 252 g/mol. The van der Waals surface area contributed by atoms with Gasteiger partial charge in [-0.05, 0) is 30.7 Å². The lowest BCUT2D eigenvalue weighted by Gasteiger charge is -2.06. The lowest BCUT2D eigenvalue weighted by molar-refractivity contribution is 0.629. The fourth-order valence-corrected chi connectivity index (χ4v) is 1.65. The van der Waals surface area contributed by atoms with Crippen LogP contribution in [0.5, 0.6) is 0 Å². The first-order valence-electron chi connectivity index (χ1n) is 4.94. The summed E-state index contributed by atoms with van der Waals surface area (Å²) >= 11 is 5.64. The topological polar surface area (TPSA) is 58.9 Å². The van der Waals surface area contributed by atoms with Gasteiger partial charge in [-0.25, -0.2) is 4.39 Å². The summed E-state index contributed by atoms with van der Waals surface area (Å²) in [7, 11) is 0. The van der Waals surface area contributed by atoms with Gasteiger partial charge in [0.05, 0.1) is 11.4 Å². The number of pyridine rings is 1. The van der Waals surface area contributed by atoms with Gasteiger partial charge in [0.1, 0.15) is 10.8 Å². The van der Waals surface area contributed by atoms with Crippen LogP contribution >= 0.6 is 11.6 Å². The first kappa shape index (κ1) is 11.7. The second-order valence-electron chi connectivity index (χ2n) is 3.76. The molecule has 0 unspecified atom stereocenters. The van der Waals surface area contributed by atoms with Gasteiger partial charge in [0.2, 0.25) is 0 Å². The molecule has 88 valence electrons. The fraction of sp³-hybridized carbons (Fsp3) is 0.0833. The van der Waals surface area contributed by atoms with Crippen LogP contribution in [-0.2, 0) is 0 Å². The van der Waals surface area contributed by atoms with Crippen molar-refractivity contribution >= 4 is 17.3 Å². The molecule has 1 aromatic carbocycles. The molecule has 0 aliphatic rings. The highest BCUT2D eigenvalue weighted by Crippen LogP contribution is 2.24. The van der Waals surface area contributed by atoms with Crippen molar-refractivity contribution in [2.24, 2.45) is 0 Å². The maximum absolute atomic E-state index is 13.7. The number of nitrogens with one attached hydrogen (secondary N) is 1. The first-order valence-corrected chi connectivity index (χ1v) is 5.31. The molecule has 0 bridgehead atoms. The molecule has 0 saturated heterocycles. The van der Waals surface area contributed by atoms with Gasteiger partial charge in [0.25, 0.3) is 5.56 Å². The Labute approximate surface area is 102 Å². The summed E-state index contributed by atoms with van der Waals surface area (Å²) in [6, 6.07) is 6.17. The Morgan fingerprint density at radius 2 is 2.06 bits per heavy atom. The van der Waals surface area contributed by atoms with Crippen molar-refractivity contribution in [2.75, 3.05) is 5.73 Å². The predicted octanol–water partition coefficient (Wildman–Crippen LogP) is 2.73. The minimum Gasteiger partial charge on any atom is -0.397 e. The minimum atomic E-state index is -0.526. The number of anilines is 1. The molecule has 17 heavy (non-hydrogen) atoms. The van der Waals surface area contributed by atoms with Crippen LogP contribution in [0.25, 0.3) is 11.3 Å². The Morgan fingerprint density at radius 1 is 1.35 bits per heavy atom. The van der Waals surface area contributed by atoms with E-state index in [0.717, 1.165) is 5.56 Å². The van der Waals surface area contributed by atoms with Crippen LogP contribution in [0.2, 0.25) is 5.02 Å². The third-order valence-corrected chi connectivity index (χ3v) is 2.81. The number of halogens is 2. The number of nitrogen functional groups attached to an aromatic ring is 1. The molecule has 0 spiro atoms. The highest BCUT2D eigenvalue weighted by atomic mass is 35.5.